The number of carbonyl (C=O) groups is 1. The maximum absolute atomic E-state index is 11.2. The Labute approximate surface area is 91.4 Å². The lowest BCUT2D eigenvalue weighted by Gasteiger charge is -1.99. The lowest BCUT2D eigenvalue weighted by Crippen LogP contribution is -2.09. The Morgan fingerprint density at radius 1 is 1.00 bits per heavy atom. The zero-order valence-electron chi connectivity index (χ0n) is 7.71. The van der Waals surface area contributed by atoms with E-state index in [4.69, 9.17) is 22.3 Å². The maximum atomic E-state index is 11.2. The third-order valence-corrected chi connectivity index (χ3v) is 2.72. The van der Waals surface area contributed by atoms with Crippen molar-refractivity contribution in [2.75, 3.05) is 11.5 Å². The normalized spacial score (nSPS) is 9.71. The molecule has 0 radical (unpaired) electrons. The first-order valence-electron chi connectivity index (χ1n) is 3.97. The van der Waals surface area contributed by atoms with Crippen molar-refractivity contribution >= 4 is 39.6 Å². The van der Waals surface area contributed by atoms with Crippen LogP contribution in [0.1, 0.15) is 12.8 Å². The minimum atomic E-state index is 0.0379. The summed E-state index contributed by atoms with van der Waals surface area (Å²) < 4.78 is 0. The second kappa shape index (κ2) is 7.69. The van der Waals surface area contributed by atoms with Gasteiger partial charge < -0.3 is 11.5 Å². The smallest absolute Gasteiger partial charge is 0.151 e. The number of nitrogens with one attached hydrogen (secondary N) is 2. The number of hydrogen-bond donors (Lipinski definition) is 4. The van der Waals surface area contributed by atoms with Crippen molar-refractivity contribution in [3.8, 4) is 0 Å². The molecule has 0 spiro atoms. The van der Waals surface area contributed by atoms with Crippen molar-refractivity contribution in [3.63, 3.8) is 0 Å². The highest BCUT2D eigenvalue weighted by atomic mass is 32.2. The summed E-state index contributed by atoms with van der Waals surface area (Å²) in [7, 11) is 0. The Hall–Kier alpha value is -0.690. The Balaban J connectivity index is 3.37. The van der Waals surface area contributed by atoms with Gasteiger partial charge in [0, 0.05) is 24.3 Å². The standard InChI is InChI=1S/C7H14N4OS2/c8-6(9)13-3-1-5(12)2-4-14-7(10)11/h1-4H2,(H3,8,9)(H3,10,11). The van der Waals surface area contributed by atoms with Gasteiger partial charge in [0.05, 0.1) is 0 Å². The average molecular weight is 234 g/mol. The number of carbonyl (C=O) groups excluding carboxylic acids is 1. The second-order valence-corrected chi connectivity index (χ2v) is 4.74. The number of ketones is 1. The van der Waals surface area contributed by atoms with Crippen LogP contribution in [0.5, 0.6) is 0 Å². The van der Waals surface area contributed by atoms with Gasteiger partial charge in [-0.2, -0.15) is 0 Å². The SMILES string of the molecule is N=C(N)SCCC(=O)CCSC(=N)N. The Morgan fingerprint density at radius 3 is 1.64 bits per heavy atom. The lowest BCUT2D eigenvalue weighted by molar-refractivity contribution is -0.118. The summed E-state index contributed by atoms with van der Waals surface area (Å²) in [6.45, 7) is 0. The molecule has 0 aromatic carbocycles. The molecule has 0 aliphatic carbocycles. The summed E-state index contributed by atoms with van der Waals surface area (Å²) in [6, 6.07) is 0. The van der Waals surface area contributed by atoms with Crippen LogP contribution >= 0.6 is 23.5 Å². The van der Waals surface area contributed by atoms with Crippen molar-refractivity contribution in [1.29, 1.82) is 10.8 Å². The van der Waals surface area contributed by atoms with E-state index in [0.717, 1.165) is 0 Å². The van der Waals surface area contributed by atoms with Gasteiger partial charge in [0.1, 0.15) is 5.78 Å². The van der Waals surface area contributed by atoms with Crippen molar-refractivity contribution in [2.45, 2.75) is 12.8 Å². The van der Waals surface area contributed by atoms with E-state index in [1.165, 1.54) is 23.5 Å². The van der Waals surface area contributed by atoms with Crippen LogP contribution in [-0.4, -0.2) is 27.6 Å². The molecule has 0 atom stereocenters. The van der Waals surface area contributed by atoms with Crippen LogP contribution in [0, 0.1) is 10.8 Å². The summed E-state index contributed by atoms with van der Waals surface area (Å²) in [5.74, 6) is 1.23. The van der Waals surface area contributed by atoms with E-state index < -0.39 is 0 Å². The van der Waals surface area contributed by atoms with Gasteiger partial charge in [0.25, 0.3) is 0 Å². The van der Waals surface area contributed by atoms with E-state index in [1.807, 2.05) is 0 Å². The van der Waals surface area contributed by atoms with Gasteiger partial charge in [-0.25, -0.2) is 0 Å². The first kappa shape index (κ1) is 13.3. The molecule has 0 saturated heterocycles. The molecule has 0 saturated carbocycles. The van der Waals surface area contributed by atoms with Crippen LogP contribution in [0.25, 0.3) is 0 Å². The molecule has 0 aliphatic rings. The first-order valence-corrected chi connectivity index (χ1v) is 5.95. The second-order valence-electron chi connectivity index (χ2n) is 2.46. The van der Waals surface area contributed by atoms with E-state index in [2.05, 4.69) is 0 Å². The number of Topliss-reactive ketones (excluding diaryl/α,β-unsaturated/α-hetero) is 1. The molecule has 80 valence electrons. The largest absolute Gasteiger partial charge is 0.379 e. The summed E-state index contributed by atoms with van der Waals surface area (Å²) in [5, 5.41) is 13.9. The summed E-state index contributed by atoms with van der Waals surface area (Å²) in [4.78, 5) is 11.2. The van der Waals surface area contributed by atoms with Gasteiger partial charge >= 0.3 is 0 Å². The van der Waals surface area contributed by atoms with Crippen molar-refractivity contribution < 1.29 is 4.79 Å². The van der Waals surface area contributed by atoms with E-state index in [1.54, 1.807) is 0 Å². The third kappa shape index (κ3) is 9.40. The van der Waals surface area contributed by atoms with E-state index >= 15 is 0 Å². The Kier molecular flexibility index (Phi) is 7.31. The molecule has 0 aliphatic heterocycles. The molecule has 0 bridgehead atoms. The van der Waals surface area contributed by atoms with Crippen LogP contribution in [0.15, 0.2) is 0 Å². The van der Waals surface area contributed by atoms with Gasteiger partial charge in [-0.3, -0.25) is 15.6 Å². The molecular weight excluding hydrogens is 220 g/mol. The minimum absolute atomic E-state index is 0.0379. The number of thioether (sulfide) groups is 2. The predicted molar refractivity (Wildman–Crippen MR) is 63.0 cm³/mol. The van der Waals surface area contributed by atoms with Crippen molar-refractivity contribution in [2.24, 2.45) is 11.5 Å². The maximum Gasteiger partial charge on any atom is 0.151 e. The summed E-state index contributed by atoms with van der Waals surface area (Å²) >= 11 is 2.33. The van der Waals surface area contributed by atoms with Gasteiger partial charge in [-0.05, 0) is 0 Å². The average Bonchev–Trinajstić information content (AvgIpc) is 2.02. The topological polar surface area (TPSA) is 117 Å². The highest BCUT2D eigenvalue weighted by Gasteiger charge is 2.03. The molecule has 0 aromatic rings. The summed E-state index contributed by atoms with van der Waals surface area (Å²) in [5.41, 5.74) is 10.2. The van der Waals surface area contributed by atoms with Crippen LogP contribution in [0.2, 0.25) is 0 Å². The van der Waals surface area contributed by atoms with Crippen molar-refractivity contribution in [3.05, 3.63) is 0 Å². The number of hydrogen-bond acceptors (Lipinski definition) is 5. The van der Waals surface area contributed by atoms with Gasteiger partial charge in [-0.15, -0.1) is 0 Å². The van der Waals surface area contributed by atoms with E-state index in [0.29, 0.717) is 24.3 Å². The van der Waals surface area contributed by atoms with Gasteiger partial charge in [0.2, 0.25) is 0 Å². The molecule has 5 nitrogen and oxygen atoms in total. The Morgan fingerprint density at radius 2 is 1.36 bits per heavy atom. The molecule has 0 aromatic heterocycles. The van der Waals surface area contributed by atoms with Crippen LogP contribution in [0.3, 0.4) is 0 Å². The molecule has 0 amide bonds. The molecule has 0 heterocycles. The predicted octanol–water partition coefficient (Wildman–Crippen LogP) is 0.589. The summed E-state index contributed by atoms with van der Waals surface area (Å²) in [6.07, 6.45) is 0.839. The first-order chi connectivity index (χ1) is 6.52. The molecule has 0 unspecified atom stereocenters. The van der Waals surface area contributed by atoms with Gasteiger partial charge in [-0.1, -0.05) is 23.5 Å². The number of amidine groups is 2. The molecular formula is C7H14N4OS2. The van der Waals surface area contributed by atoms with Crippen LogP contribution in [0.4, 0.5) is 0 Å². The van der Waals surface area contributed by atoms with Crippen LogP contribution < -0.4 is 11.5 Å². The zero-order chi connectivity index (χ0) is 11.0. The highest BCUT2D eigenvalue weighted by molar-refractivity contribution is 8.13. The minimum Gasteiger partial charge on any atom is -0.379 e. The Bertz CT molecular complexity index is 210. The monoisotopic (exact) mass is 234 g/mol. The van der Waals surface area contributed by atoms with Crippen molar-refractivity contribution in [1.82, 2.24) is 0 Å². The lowest BCUT2D eigenvalue weighted by atomic mass is 10.2. The molecule has 6 N–H and O–H groups in total. The van der Waals surface area contributed by atoms with Crippen LogP contribution in [-0.2, 0) is 4.79 Å². The van der Waals surface area contributed by atoms with E-state index in [-0.39, 0.29) is 16.1 Å². The fourth-order valence-corrected chi connectivity index (χ4v) is 1.77. The number of rotatable bonds is 6. The zero-order valence-corrected chi connectivity index (χ0v) is 9.34. The quantitative estimate of drug-likeness (QED) is 0.396. The van der Waals surface area contributed by atoms with Gasteiger partial charge in [0.15, 0.2) is 10.3 Å². The molecule has 0 rings (SSSR count). The third-order valence-electron chi connectivity index (χ3n) is 1.28. The highest BCUT2D eigenvalue weighted by Crippen LogP contribution is 2.06. The van der Waals surface area contributed by atoms with E-state index in [9.17, 15) is 4.79 Å². The number of nitrogens with two attached hydrogens (primary N) is 2. The molecule has 14 heavy (non-hydrogen) atoms. The fourth-order valence-electron chi connectivity index (χ4n) is 0.675. The molecule has 7 heteroatoms. The fraction of sp³-hybridized carbons (Fsp3) is 0.571. The molecule has 0 fully saturated rings.